The number of nitrogens with zero attached hydrogens (tertiary/aromatic N) is 4. The third-order valence-corrected chi connectivity index (χ3v) is 14.9. The molecule has 12 aromatic rings. The maximum atomic E-state index is 5.47. The summed E-state index contributed by atoms with van der Waals surface area (Å²) in [5, 5.41) is 13.7. The fraction of sp³-hybridized carbons (Fsp3) is 0.0339. The van der Waals surface area contributed by atoms with E-state index in [1.165, 1.54) is 104 Å². The Morgan fingerprint density at radius 2 is 0.984 bits per heavy atom. The van der Waals surface area contributed by atoms with Crippen LogP contribution in [0.15, 0.2) is 224 Å². The molecule has 0 aliphatic carbocycles. The summed E-state index contributed by atoms with van der Waals surface area (Å²) in [5.74, 6) is 0. The monoisotopic (exact) mass is 834 g/mol. The van der Waals surface area contributed by atoms with E-state index in [1.807, 2.05) is 11.8 Å². The van der Waals surface area contributed by atoms with E-state index in [4.69, 9.17) is 4.99 Å². The van der Waals surface area contributed by atoms with Crippen molar-refractivity contribution in [3.8, 4) is 22.5 Å². The molecule has 0 N–H and O–H groups in total. The highest BCUT2D eigenvalue weighted by atomic mass is 32.2. The number of hydrogen-bond donors (Lipinski definition) is 0. The lowest BCUT2D eigenvalue weighted by molar-refractivity contribution is 0.752. The fourth-order valence-corrected chi connectivity index (χ4v) is 12.1. The van der Waals surface area contributed by atoms with Crippen LogP contribution in [-0.2, 0) is 0 Å². The number of para-hydroxylation sites is 2. The first-order valence-electron chi connectivity index (χ1n) is 22.0. The van der Waals surface area contributed by atoms with Crippen molar-refractivity contribution in [3.63, 3.8) is 0 Å². The van der Waals surface area contributed by atoms with Crippen LogP contribution >= 0.6 is 11.8 Å². The number of anilines is 2. The van der Waals surface area contributed by atoms with Gasteiger partial charge < -0.3 is 14.0 Å². The summed E-state index contributed by atoms with van der Waals surface area (Å²) in [6, 6.07) is 75.6. The molecule has 0 fully saturated rings. The number of aromatic nitrogens is 2. The molecular formula is C59H38N4S. The van der Waals surface area contributed by atoms with Crippen molar-refractivity contribution in [2.75, 3.05) is 4.90 Å². The van der Waals surface area contributed by atoms with Gasteiger partial charge in [-0.3, -0.25) is 4.99 Å². The Kier molecular flexibility index (Phi) is 7.71. The molecule has 0 bridgehead atoms. The lowest BCUT2D eigenvalue weighted by Crippen LogP contribution is -2.24. The molecule has 2 aliphatic heterocycles. The minimum absolute atomic E-state index is 0.0194. The molecule has 4 nitrogen and oxygen atoms in total. The van der Waals surface area contributed by atoms with Crippen molar-refractivity contribution >= 4 is 93.1 Å². The molecule has 0 radical (unpaired) electrons. The average Bonchev–Trinajstić information content (AvgIpc) is 4.17. The number of rotatable bonds is 5. The van der Waals surface area contributed by atoms with Crippen LogP contribution in [0.5, 0.6) is 0 Å². The minimum atomic E-state index is 0.0194. The van der Waals surface area contributed by atoms with Gasteiger partial charge in [0.2, 0.25) is 0 Å². The Balaban J connectivity index is 0.967. The second-order valence-corrected chi connectivity index (χ2v) is 18.2. The van der Waals surface area contributed by atoms with Crippen molar-refractivity contribution in [1.82, 2.24) is 9.13 Å². The molecule has 64 heavy (non-hydrogen) atoms. The molecule has 2 aromatic heterocycles. The van der Waals surface area contributed by atoms with Crippen LogP contribution in [0.25, 0.3) is 87.4 Å². The van der Waals surface area contributed by atoms with E-state index in [1.54, 1.807) is 0 Å². The Labute approximate surface area is 374 Å². The standard InChI is InChI=1S/C59H38N4S/c1-4-14-37(15-5-1)58-60-55-54-45-27-24-38(34-41(45)26-29-52(54)63(59(55)64-58)43-19-8-3-9-20-43)39-25-28-48-51(35-39)49-30-32-61(42-17-6-2-7-18-42)56(49)50-31-33-62(57(48)50)53-36-40-16-10-11-21-44(40)46-22-12-13-23-47(46)53/h1-36,55,59H. The van der Waals surface area contributed by atoms with Gasteiger partial charge in [-0.2, -0.15) is 0 Å². The quantitative estimate of drug-likeness (QED) is 0.161. The van der Waals surface area contributed by atoms with Crippen LogP contribution < -0.4 is 4.90 Å². The van der Waals surface area contributed by atoms with Crippen LogP contribution in [0, 0.1) is 0 Å². The Morgan fingerprint density at radius 1 is 0.375 bits per heavy atom. The summed E-state index contributed by atoms with van der Waals surface area (Å²) < 4.78 is 4.80. The summed E-state index contributed by atoms with van der Waals surface area (Å²) in [5.41, 5.74) is 12.1. The van der Waals surface area contributed by atoms with E-state index < -0.39 is 0 Å². The summed E-state index contributed by atoms with van der Waals surface area (Å²) in [6.45, 7) is 0. The summed E-state index contributed by atoms with van der Waals surface area (Å²) >= 11 is 1.88. The lowest BCUT2D eigenvalue weighted by atomic mass is 9.93. The van der Waals surface area contributed by atoms with Gasteiger partial charge in [-0.15, -0.1) is 0 Å². The molecular weight excluding hydrogens is 797 g/mol. The molecule has 0 saturated heterocycles. The predicted molar refractivity (Wildman–Crippen MR) is 271 cm³/mol. The van der Waals surface area contributed by atoms with Crippen LogP contribution in [0.1, 0.15) is 17.2 Å². The largest absolute Gasteiger partial charge is 0.326 e. The predicted octanol–water partition coefficient (Wildman–Crippen LogP) is 15.6. The summed E-state index contributed by atoms with van der Waals surface area (Å²) in [7, 11) is 0. The zero-order valence-electron chi connectivity index (χ0n) is 34.6. The Bertz CT molecular complexity index is 3890. The van der Waals surface area contributed by atoms with E-state index in [2.05, 4.69) is 233 Å². The Morgan fingerprint density at radius 3 is 1.80 bits per heavy atom. The van der Waals surface area contributed by atoms with E-state index >= 15 is 0 Å². The first kappa shape index (κ1) is 35.7. The number of thioether (sulfide) groups is 1. The molecule has 0 saturated carbocycles. The normalized spacial score (nSPS) is 15.8. The SMILES string of the molecule is c1ccc(C2=NC3c4c(ccc5cc(-c6ccc7c(c6)c6ccn(-c8ccccc8)c6c6ccn(-c8cc9ccccc9c9ccccc89)c76)ccc45)N(c4ccccc4)C3S2)cc1. The zero-order valence-corrected chi connectivity index (χ0v) is 35.5. The van der Waals surface area contributed by atoms with Gasteiger partial charge >= 0.3 is 0 Å². The topological polar surface area (TPSA) is 25.5 Å². The van der Waals surface area contributed by atoms with Gasteiger partial charge in [-0.25, -0.2) is 0 Å². The molecule has 5 heteroatoms. The molecule has 2 aliphatic rings. The molecule has 14 rings (SSSR count). The molecule has 4 heterocycles. The Hall–Kier alpha value is -7.86. The smallest absolute Gasteiger partial charge is 0.113 e. The zero-order chi connectivity index (χ0) is 41.9. The maximum absolute atomic E-state index is 5.47. The average molecular weight is 835 g/mol. The van der Waals surface area contributed by atoms with Gasteiger partial charge in [-0.05, 0) is 104 Å². The second-order valence-electron chi connectivity index (χ2n) is 17.0. The van der Waals surface area contributed by atoms with Crippen molar-refractivity contribution in [2.45, 2.75) is 11.4 Å². The third-order valence-electron chi connectivity index (χ3n) is 13.6. The first-order chi connectivity index (χ1) is 31.7. The van der Waals surface area contributed by atoms with E-state index in [-0.39, 0.29) is 11.4 Å². The van der Waals surface area contributed by atoms with Gasteiger partial charge in [0.15, 0.2) is 0 Å². The lowest BCUT2D eigenvalue weighted by Gasteiger charge is -2.26. The molecule has 2 atom stereocenters. The molecule has 2 unspecified atom stereocenters. The van der Waals surface area contributed by atoms with Crippen LogP contribution in [0.2, 0.25) is 0 Å². The number of aliphatic imine (C=N–C) groups is 1. The molecule has 10 aromatic carbocycles. The number of fused-ring (bicyclic) bond motifs is 14. The molecule has 300 valence electrons. The van der Waals surface area contributed by atoms with Crippen LogP contribution in [0.4, 0.5) is 11.4 Å². The minimum Gasteiger partial charge on any atom is -0.326 e. The highest BCUT2D eigenvalue weighted by Crippen LogP contribution is 2.56. The molecule has 0 amide bonds. The number of hydrogen-bond acceptors (Lipinski definition) is 3. The van der Waals surface area contributed by atoms with Crippen molar-refractivity contribution in [3.05, 3.63) is 230 Å². The van der Waals surface area contributed by atoms with Gasteiger partial charge in [0, 0.05) is 62.1 Å². The van der Waals surface area contributed by atoms with E-state index in [9.17, 15) is 0 Å². The van der Waals surface area contributed by atoms with Gasteiger partial charge in [-0.1, -0.05) is 157 Å². The van der Waals surface area contributed by atoms with Crippen molar-refractivity contribution in [1.29, 1.82) is 0 Å². The maximum Gasteiger partial charge on any atom is 0.113 e. The van der Waals surface area contributed by atoms with Gasteiger partial charge in [0.25, 0.3) is 0 Å². The highest BCUT2D eigenvalue weighted by Gasteiger charge is 2.45. The van der Waals surface area contributed by atoms with E-state index in [0.717, 1.165) is 10.7 Å². The second kappa shape index (κ2) is 13.8. The summed E-state index contributed by atoms with van der Waals surface area (Å²) in [6.07, 6.45) is 4.52. The van der Waals surface area contributed by atoms with Crippen LogP contribution in [-0.4, -0.2) is 19.6 Å². The fourth-order valence-electron chi connectivity index (χ4n) is 10.8. The molecule has 0 spiro atoms. The number of benzene rings is 10. The highest BCUT2D eigenvalue weighted by molar-refractivity contribution is 8.15. The van der Waals surface area contributed by atoms with E-state index in [0.29, 0.717) is 0 Å². The third kappa shape index (κ3) is 5.22. The van der Waals surface area contributed by atoms with Gasteiger partial charge in [0.1, 0.15) is 16.5 Å². The van der Waals surface area contributed by atoms with Crippen molar-refractivity contribution in [2.24, 2.45) is 4.99 Å². The summed E-state index contributed by atoms with van der Waals surface area (Å²) in [4.78, 5) is 7.97. The van der Waals surface area contributed by atoms with Gasteiger partial charge in [0.05, 0.1) is 16.7 Å². The van der Waals surface area contributed by atoms with Crippen LogP contribution in [0.3, 0.4) is 0 Å². The first-order valence-corrected chi connectivity index (χ1v) is 22.9. The van der Waals surface area contributed by atoms with Crippen molar-refractivity contribution < 1.29 is 0 Å².